The van der Waals surface area contributed by atoms with Crippen LogP contribution in [0.2, 0.25) is 0 Å². The minimum Gasteiger partial charge on any atom is -0.388 e. The minimum atomic E-state index is -0.304. The summed E-state index contributed by atoms with van der Waals surface area (Å²) in [5, 5.41) is 11.2. The molecule has 0 aromatic carbocycles. The molecule has 4 bridgehead atoms. The number of aliphatic hydroxyl groups excluding tert-OH is 1. The van der Waals surface area contributed by atoms with E-state index in [1.165, 1.54) is 51.4 Å². The van der Waals surface area contributed by atoms with E-state index in [4.69, 9.17) is 0 Å². The van der Waals surface area contributed by atoms with Crippen molar-refractivity contribution in [2.75, 3.05) is 13.1 Å². The van der Waals surface area contributed by atoms with E-state index in [1.54, 1.807) is 6.92 Å². The lowest BCUT2D eigenvalue weighted by atomic mass is 9.35. The first kappa shape index (κ1) is 16.4. The number of amides is 1. The maximum Gasteiger partial charge on any atom is 0.219 e. The summed E-state index contributed by atoms with van der Waals surface area (Å²) in [6, 6.07) is 0. The molecule has 3 nitrogen and oxygen atoms in total. The normalized spacial score (nSPS) is 54.0. The third-order valence-corrected chi connectivity index (χ3v) is 9.59. The summed E-state index contributed by atoms with van der Waals surface area (Å²) in [7, 11) is 0. The molecule has 3 heteroatoms. The van der Waals surface area contributed by atoms with Crippen LogP contribution >= 0.6 is 0 Å². The molecule has 5 aliphatic carbocycles. The van der Waals surface area contributed by atoms with Gasteiger partial charge in [-0.3, -0.25) is 4.79 Å². The number of fused-ring (bicyclic) bond motifs is 2. The molecule has 1 saturated heterocycles. The SMILES string of the molecule is C=C1C(O)[C@]23CC[C@H]1CC2C12CCCC(C)(CN(C(C)=O)C1)[C@H]2CC3. The Morgan fingerprint density at radius 2 is 1.88 bits per heavy atom. The average molecular weight is 344 g/mol. The smallest absolute Gasteiger partial charge is 0.219 e. The minimum absolute atomic E-state index is 0.0559. The van der Waals surface area contributed by atoms with Crippen LogP contribution in [-0.4, -0.2) is 35.1 Å². The van der Waals surface area contributed by atoms with Crippen LogP contribution in [0.3, 0.4) is 0 Å². The van der Waals surface area contributed by atoms with Gasteiger partial charge in [-0.15, -0.1) is 0 Å². The van der Waals surface area contributed by atoms with Gasteiger partial charge in [0, 0.05) is 25.4 Å². The van der Waals surface area contributed by atoms with Crippen LogP contribution < -0.4 is 0 Å². The van der Waals surface area contributed by atoms with Gasteiger partial charge in [0.05, 0.1) is 6.10 Å². The molecule has 5 saturated carbocycles. The van der Waals surface area contributed by atoms with Crippen molar-refractivity contribution >= 4 is 5.91 Å². The second-order valence-corrected chi connectivity index (χ2v) is 10.4. The third-order valence-electron chi connectivity index (χ3n) is 9.59. The maximum atomic E-state index is 12.3. The van der Waals surface area contributed by atoms with Crippen LogP contribution in [0.25, 0.3) is 0 Å². The molecule has 4 unspecified atom stereocenters. The van der Waals surface area contributed by atoms with Crippen molar-refractivity contribution in [3.63, 3.8) is 0 Å². The number of likely N-dealkylation sites (tertiary alicyclic amines) is 1. The highest BCUT2D eigenvalue weighted by Gasteiger charge is 2.69. The van der Waals surface area contributed by atoms with E-state index in [0.29, 0.717) is 11.8 Å². The van der Waals surface area contributed by atoms with Crippen LogP contribution in [0, 0.1) is 34.0 Å². The summed E-state index contributed by atoms with van der Waals surface area (Å²) in [4.78, 5) is 14.5. The Hall–Kier alpha value is -0.830. The second-order valence-electron chi connectivity index (χ2n) is 10.4. The van der Waals surface area contributed by atoms with E-state index >= 15 is 0 Å². The fraction of sp³-hybridized carbons (Fsp3) is 0.864. The molecule has 7 atom stereocenters. The first-order valence-electron chi connectivity index (χ1n) is 10.4. The van der Waals surface area contributed by atoms with Gasteiger partial charge in [-0.25, -0.2) is 0 Å². The number of aliphatic hydroxyl groups is 1. The zero-order valence-electron chi connectivity index (χ0n) is 15.9. The molecule has 0 aromatic heterocycles. The summed E-state index contributed by atoms with van der Waals surface area (Å²) in [6.45, 7) is 10.4. The number of piperidine rings is 1. The molecule has 1 heterocycles. The maximum absolute atomic E-state index is 12.3. The average Bonchev–Trinajstić information content (AvgIpc) is 2.57. The molecule has 1 spiro atoms. The van der Waals surface area contributed by atoms with Crippen LogP contribution in [0.1, 0.15) is 65.2 Å². The van der Waals surface area contributed by atoms with Crippen LogP contribution in [0.5, 0.6) is 0 Å². The van der Waals surface area contributed by atoms with Crippen molar-refractivity contribution in [2.24, 2.45) is 34.0 Å². The predicted molar refractivity (Wildman–Crippen MR) is 97.8 cm³/mol. The van der Waals surface area contributed by atoms with Crippen LogP contribution in [0.15, 0.2) is 12.2 Å². The van der Waals surface area contributed by atoms with Gasteiger partial charge in [-0.05, 0) is 79.1 Å². The van der Waals surface area contributed by atoms with E-state index in [2.05, 4.69) is 18.4 Å². The first-order chi connectivity index (χ1) is 11.8. The van der Waals surface area contributed by atoms with Gasteiger partial charge in [-0.2, -0.15) is 0 Å². The number of rotatable bonds is 0. The number of hydrogen-bond acceptors (Lipinski definition) is 2. The number of carbonyl (C=O) groups is 1. The summed E-state index contributed by atoms with van der Waals surface area (Å²) >= 11 is 0. The quantitative estimate of drug-likeness (QED) is 0.680. The Morgan fingerprint density at radius 3 is 2.64 bits per heavy atom. The molecule has 6 rings (SSSR count). The molecule has 6 fully saturated rings. The molecular formula is C22H33NO2. The summed E-state index contributed by atoms with van der Waals surface area (Å²) in [6.07, 6.45) is 9.55. The first-order valence-corrected chi connectivity index (χ1v) is 10.4. The Labute approximate surface area is 151 Å². The highest BCUT2D eigenvalue weighted by atomic mass is 16.3. The predicted octanol–water partition coefficient (Wildman–Crippen LogP) is 3.77. The Morgan fingerprint density at radius 1 is 1.12 bits per heavy atom. The molecule has 138 valence electrons. The van der Waals surface area contributed by atoms with Gasteiger partial charge in [-0.1, -0.05) is 19.9 Å². The van der Waals surface area contributed by atoms with E-state index < -0.39 is 0 Å². The van der Waals surface area contributed by atoms with E-state index in [-0.39, 0.29) is 28.3 Å². The number of hydrogen-bond donors (Lipinski definition) is 1. The number of carbonyl (C=O) groups excluding carboxylic acids is 1. The molecule has 1 amide bonds. The number of nitrogens with zero attached hydrogens (tertiary/aromatic N) is 1. The van der Waals surface area contributed by atoms with E-state index in [0.717, 1.165) is 24.6 Å². The fourth-order valence-corrected chi connectivity index (χ4v) is 8.64. The topological polar surface area (TPSA) is 40.5 Å². The monoisotopic (exact) mass is 343 g/mol. The fourth-order valence-electron chi connectivity index (χ4n) is 8.64. The molecule has 6 aliphatic rings. The van der Waals surface area contributed by atoms with Crippen molar-refractivity contribution in [1.82, 2.24) is 4.90 Å². The lowest BCUT2D eigenvalue weighted by molar-refractivity contribution is -0.238. The Balaban J connectivity index is 1.63. The van der Waals surface area contributed by atoms with Crippen molar-refractivity contribution in [2.45, 2.75) is 71.3 Å². The lowest BCUT2D eigenvalue weighted by Gasteiger charge is -2.72. The van der Waals surface area contributed by atoms with Gasteiger partial charge in [0.1, 0.15) is 0 Å². The van der Waals surface area contributed by atoms with Gasteiger partial charge >= 0.3 is 0 Å². The van der Waals surface area contributed by atoms with E-state index in [1.807, 2.05) is 0 Å². The van der Waals surface area contributed by atoms with Crippen molar-refractivity contribution < 1.29 is 9.90 Å². The zero-order chi connectivity index (χ0) is 17.6. The summed E-state index contributed by atoms with van der Waals surface area (Å²) in [5.74, 6) is 2.08. The highest BCUT2D eigenvalue weighted by molar-refractivity contribution is 5.73. The van der Waals surface area contributed by atoms with Crippen LogP contribution in [0.4, 0.5) is 0 Å². The van der Waals surface area contributed by atoms with Gasteiger partial charge in [0.25, 0.3) is 0 Å². The molecule has 0 radical (unpaired) electrons. The van der Waals surface area contributed by atoms with Crippen LogP contribution in [-0.2, 0) is 4.79 Å². The van der Waals surface area contributed by atoms with Gasteiger partial charge < -0.3 is 10.0 Å². The zero-order valence-corrected chi connectivity index (χ0v) is 15.9. The molecular weight excluding hydrogens is 310 g/mol. The third kappa shape index (κ3) is 1.84. The molecule has 0 aromatic rings. The van der Waals surface area contributed by atoms with Gasteiger partial charge in [0.15, 0.2) is 0 Å². The Bertz CT molecular complexity index is 644. The molecule has 1 aliphatic heterocycles. The highest BCUT2D eigenvalue weighted by Crippen LogP contribution is 2.73. The molecule has 25 heavy (non-hydrogen) atoms. The molecule has 1 N–H and O–H groups in total. The van der Waals surface area contributed by atoms with Gasteiger partial charge in [0.2, 0.25) is 5.91 Å². The summed E-state index contributed by atoms with van der Waals surface area (Å²) in [5.41, 5.74) is 1.70. The second kappa shape index (κ2) is 4.91. The van der Waals surface area contributed by atoms with E-state index in [9.17, 15) is 9.90 Å². The largest absolute Gasteiger partial charge is 0.388 e. The van der Waals surface area contributed by atoms with Crippen molar-refractivity contribution in [3.05, 3.63) is 12.2 Å². The summed E-state index contributed by atoms with van der Waals surface area (Å²) < 4.78 is 0. The lowest BCUT2D eigenvalue weighted by Crippen LogP contribution is -2.71. The Kier molecular flexibility index (Phi) is 3.21. The standard InChI is InChI=1S/C22H33NO2/c1-14-16-5-9-21(19(14)25)10-6-17-20(3)7-4-8-22(17,18(21)11-16)13-23(12-20)15(2)24/h16-19,25H,1,4-13H2,2-3H3/t16-,17+,18?,19?,20?,21-,22?/m0/s1. The van der Waals surface area contributed by atoms with Crippen molar-refractivity contribution in [1.29, 1.82) is 0 Å². The van der Waals surface area contributed by atoms with Crippen molar-refractivity contribution in [3.8, 4) is 0 Å².